The van der Waals surface area contributed by atoms with Gasteiger partial charge >= 0.3 is 0 Å². The Morgan fingerprint density at radius 1 is 1.15 bits per heavy atom. The van der Waals surface area contributed by atoms with E-state index in [9.17, 15) is 0 Å². The summed E-state index contributed by atoms with van der Waals surface area (Å²) in [6.07, 6.45) is 3.72. The van der Waals surface area contributed by atoms with Crippen LogP contribution in [0.25, 0.3) is 0 Å². The van der Waals surface area contributed by atoms with Crippen molar-refractivity contribution in [2.45, 2.75) is 71.4 Å². The Balaban J connectivity index is 2.30. The highest BCUT2D eigenvalue weighted by atomic mass is 16.5. The first-order chi connectivity index (χ1) is 9.47. The fourth-order valence-corrected chi connectivity index (χ4v) is 2.85. The lowest BCUT2D eigenvalue weighted by Crippen LogP contribution is -2.31. The van der Waals surface area contributed by atoms with Gasteiger partial charge < -0.3 is 10.1 Å². The lowest BCUT2D eigenvalue weighted by Gasteiger charge is -2.22. The highest BCUT2D eigenvalue weighted by Crippen LogP contribution is 2.40. The van der Waals surface area contributed by atoms with E-state index in [0.717, 1.165) is 31.6 Å². The Morgan fingerprint density at radius 2 is 1.90 bits per heavy atom. The van der Waals surface area contributed by atoms with E-state index in [0.29, 0.717) is 6.04 Å². The number of hydrogen-bond acceptors (Lipinski definition) is 2. The molecular formula is C18H29NO. The molecule has 2 heteroatoms. The van der Waals surface area contributed by atoms with Gasteiger partial charge in [-0.3, -0.25) is 0 Å². The van der Waals surface area contributed by atoms with Crippen molar-refractivity contribution in [1.82, 2.24) is 5.32 Å². The summed E-state index contributed by atoms with van der Waals surface area (Å²) < 4.78 is 6.16. The minimum atomic E-state index is 0.188. The van der Waals surface area contributed by atoms with Gasteiger partial charge in [-0.15, -0.1) is 0 Å². The molecule has 2 atom stereocenters. The highest BCUT2D eigenvalue weighted by molar-refractivity contribution is 5.45. The molecule has 1 aliphatic heterocycles. The van der Waals surface area contributed by atoms with Gasteiger partial charge in [0, 0.05) is 5.56 Å². The van der Waals surface area contributed by atoms with E-state index in [-0.39, 0.29) is 11.5 Å². The van der Waals surface area contributed by atoms with Crippen molar-refractivity contribution >= 4 is 0 Å². The van der Waals surface area contributed by atoms with E-state index in [4.69, 9.17) is 4.74 Å². The number of fused-ring (bicyclic) bond motifs is 1. The Kier molecular flexibility index (Phi) is 4.74. The monoisotopic (exact) mass is 275 g/mol. The molecule has 0 spiro atoms. The Bertz CT molecular complexity index is 447. The van der Waals surface area contributed by atoms with Gasteiger partial charge in [0.1, 0.15) is 11.9 Å². The van der Waals surface area contributed by atoms with Crippen molar-refractivity contribution in [3.63, 3.8) is 0 Å². The quantitative estimate of drug-likeness (QED) is 0.849. The standard InChI is InChI=1S/C18H29NO/c1-6-8-16-17(19-11-7-2)14-12-13(18(3,4)5)9-10-15(14)20-16/h9-10,12,16-17,19H,6-8,11H2,1-5H3. The van der Waals surface area contributed by atoms with Crippen LogP contribution in [0.3, 0.4) is 0 Å². The normalized spacial score (nSPS) is 21.6. The molecule has 0 amide bonds. The summed E-state index contributed by atoms with van der Waals surface area (Å²) >= 11 is 0. The predicted molar refractivity (Wildman–Crippen MR) is 85.5 cm³/mol. The number of ether oxygens (including phenoxy) is 1. The predicted octanol–water partition coefficient (Wildman–Crippen LogP) is 4.59. The Labute approximate surface area is 123 Å². The Morgan fingerprint density at radius 3 is 2.50 bits per heavy atom. The van der Waals surface area contributed by atoms with Crippen LogP contribution in [0.5, 0.6) is 5.75 Å². The van der Waals surface area contributed by atoms with Crippen LogP contribution in [0.4, 0.5) is 0 Å². The van der Waals surface area contributed by atoms with E-state index in [1.165, 1.54) is 11.1 Å². The molecule has 2 nitrogen and oxygen atoms in total. The zero-order chi connectivity index (χ0) is 14.8. The van der Waals surface area contributed by atoms with Crippen molar-refractivity contribution in [2.75, 3.05) is 6.54 Å². The summed E-state index contributed by atoms with van der Waals surface area (Å²) in [5.74, 6) is 1.07. The van der Waals surface area contributed by atoms with E-state index in [1.807, 2.05) is 0 Å². The van der Waals surface area contributed by atoms with Crippen molar-refractivity contribution in [3.05, 3.63) is 29.3 Å². The van der Waals surface area contributed by atoms with E-state index in [2.05, 4.69) is 58.1 Å². The first kappa shape index (κ1) is 15.4. The molecular weight excluding hydrogens is 246 g/mol. The average Bonchev–Trinajstić information content (AvgIpc) is 2.72. The van der Waals surface area contributed by atoms with Gasteiger partial charge in [-0.1, -0.05) is 47.1 Å². The van der Waals surface area contributed by atoms with Crippen molar-refractivity contribution in [3.8, 4) is 5.75 Å². The molecule has 1 aromatic rings. The average molecular weight is 275 g/mol. The van der Waals surface area contributed by atoms with Crippen LogP contribution < -0.4 is 10.1 Å². The molecule has 0 aliphatic carbocycles. The molecule has 0 saturated carbocycles. The van der Waals surface area contributed by atoms with Gasteiger partial charge in [-0.25, -0.2) is 0 Å². The molecule has 112 valence electrons. The third-order valence-corrected chi connectivity index (χ3v) is 4.05. The second-order valence-corrected chi connectivity index (χ2v) is 6.88. The van der Waals surface area contributed by atoms with Gasteiger partial charge in [0.05, 0.1) is 6.04 Å². The molecule has 0 saturated heterocycles. The maximum Gasteiger partial charge on any atom is 0.124 e. The van der Waals surface area contributed by atoms with Crippen LogP contribution in [-0.2, 0) is 5.41 Å². The van der Waals surface area contributed by atoms with Crippen LogP contribution in [-0.4, -0.2) is 12.6 Å². The smallest absolute Gasteiger partial charge is 0.124 e. The number of rotatable bonds is 5. The number of hydrogen-bond donors (Lipinski definition) is 1. The van der Waals surface area contributed by atoms with Crippen LogP contribution in [0.2, 0.25) is 0 Å². The molecule has 0 fully saturated rings. The molecule has 0 aromatic heterocycles. The summed E-state index contributed by atoms with van der Waals surface area (Å²) in [7, 11) is 0. The molecule has 1 aromatic carbocycles. The summed E-state index contributed by atoms with van der Waals surface area (Å²) in [4.78, 5) is 0. The third kappa shape index (κ3) is 3.17. The zero-order valence-corrected chi connectivity index (χ0v) is 13.6. The lowest BCUT2D eigenvalue weighted by molar-refractivity contribution is 0.178. The van der Waals surface area contributed by atoms with Gasteiger partial charge in [-0.2, -0.15) is 0 Å². The zero-order valence-electron chi connectivity index (χ0n) is 13.6. The fourth-order valence-electron chi connectivity index (χ4n) is 2.85. The maximum atomic E-state index is 6.16. The summed E-state index contributed by atoms with van der Waals surface area (Å²) in [5.41, 5.74) is 2.93. The van der Waals surface area contributed by atoms with Crippen LogP contribution >= 0.6 is 0 Å². The summed E-state index contributed by atoms with van der Waals surface area (Å²) in [6, 6.07) is 7.07. The molecule has 1 aliphatic rings. The second-order valence-electron chi connectivity index (χ2n) is 6.88. The van der Waals surface area contributed by atoms with Gasteiger partial charge in [0.25, 0.3) is 0 Å². The maximum absolute atomic E-state index is 6.16. The van der Waals surface area contributed by atoms with Crippen LogP contribution in [0, 0.1) is 0 Å². The van der Waals surface area contributed by atoms with E-state index >= 15 is 0 Å². The summed E-state index contributed by atoms with van der Waals surface area (Å²) in [6.45, 7) is 12.3. The SMILES string of the molecule is CCCNC1c2cc(C(C)(C)C)ccc2OC1CCC. The summed E-state index contributed by atoms with van der Waals surface area (Å²) in [5, 5.41) is 3.68. The van der Waals surface area contributed by atoms with Gasteiger partial charge in [-0.05, 0) is 42.5 Å². The molecule has 2 unspecified atom stereocenters. The molecule has 0 radical (unpaired) electrons. The number of benzene rings is 1. The van der Waals surface area contributed by atoms with Gasteiger partial charge in [0.15, 0.2) is 0 Å². The minimum Gasteiger partial charge on any atom is -0.488 e. The Hall–Kier alpha value is -1.02. The van der Waals surface area contributed by atoms with E-state index < -0.39 is 0 Å². The second kappa shape index (κ2) is 6.17. The molecule has 2 rings (SSSR count). The molecule has 0 bridgehead atoms. The van der Waals surface area contributed by atoms with Gasteiger partial charge in [0.2, 0.25) is 0 Å². The van der Waals surface area contributed by atoms with E-state index in [1.54, 1.807) is 0 Å². The fraction of sp³-hybridized carbons (Fsp3) is 0.667. The first-order valence-corrected chi connectivity index (χ1v) is 8.01. The molecule has 1 heterocycles. The van der Waals surface area contributed by atoms with Crippen molar-refractivity contribution in [1.29, 1.82) is 0 Å². The topological polar surface area (TPSA) is 21.3 Å². The van der Waals surface area contributed by atoms with Crippen molar-refractivity contribution < 1.29 is 4.74 Å². The molecule has 20 heavy (non-hydrogen) atoms. The minimum absolute atomic E-state index is 0.188. The largest absolute Gasteiger partial charge is 0.488 e. The van der Waals surface area contributed by atoms with Crippen LogP contribution in [0.15, 0.2) is 18.2 Å². The third-order valence-electron chi connectivity index (χ3n) is 4.05. The van der Waals surface area contributed by atoms with Crippen molar-refractivity contribution in [2.24, 2.45) is 0 Å². The first-order valence-electron chi connectivity index (χ1n) is 8.01. The molecule has 1 N–H and O–H groups in total. The number of nitrogens with one attached hydrogen (secondary N) is 1. The lowest BCUT2D eigenvalue weighted by atomic mass is 9.85. The highest BCUT2D eigenvalue weighted by Gasteiger charge is 2.34. The van der Waals surface area contributed by atoms with Crippen LogP contribution in [0.1, 0.15) is 71.0 Å².